The van der Waals surface area contributed by atoms with Crippen LogP contribution in [0.25, 0.3) is 0 Å². The topological polar surface area (TPSA) is 68.3 Å². The molecule has 0 amide bonds. The molecule has 92 valence electrons. The van der Waals surface area contributed by atoms with E-state index in [1.54, 1.807) is 0 Å². The molecule has 0 radical (unpaired) electrons. The Balaban J connectivity index is 5.52. The first kappa shape index (κ1) is 14.6. The summed E-state index contributed by atoms with van der Waals surface area (Å²) in [6.45, 7) is 0. The molecule has 0 rings (SSSR count). The number of hydrogen-bond donors (Lipinski definition) is 1. The standard InChI is InChI=1S/C4H5F5O4S2/c1-15(12,13)2(5)3(6,7)4(8,9)14(10)11/h2,14H,1H3. The highest BCUT2D eigenvalue weighted by atomic mass is 32.2. The Labute approximate surface area is 82.9 Å². The summed E-state index contributed by atoms with van der Waals surface area (Å²) < 4.78 is 102. The summed E-state index contributed by atoms with van der Waals surface area (Å²) in [5.41, 5.74) is -4.28. The van der Waals surface area contributed by atoms with Gasteiger partial charge in [-0.1, -0.05) is 0 Å². The molecule has 0 saturated carbocycles. The fraction of sp³-hybridized carbons (Fsp3) is 1.00. The molecule has 0 aromatic heterocycles. The molecular formula is C4H5F5O4S2. The minimum absolute atomic E-state index is 0.0560. The van der Waals surface area contributed by atoms with Gasteiger partial charge in [0.2, 0.25) is 10.7 Å². The first-order valence-corrected chi connectivity index (χ1v) is 6.21. The lowest BCUT2D eigenvalue weighted by Crippen LogP contribution is -2.51. The normalized spacial score (nSPS) is 16.7. The lowest BCUT2D eigenvalue weighted by atomic mass is 10.4. The molecule has 1 unspecified atom stereocenters. The highest BCUT2D eigenvalue weighted by molar-refractivity contribution is 7.91. The maximum atomic E-state index is 12.5. The first-order valence-electron chi connectivity index (χ1n) is 3.08. The number of rotatable bonds is 4. The van der Waals surface area contributed by atoms with Crippen LogP contribution in [-0.2, 0) is 20.5 Å². The van der Waals surface area contributed by atoms with E-state index in [1.807, 2.05) is 0 Å². The van der Waals surface area contributed by atoms with Crippen molar-refractivity contribution in [1.29, 1.82) is 0 Å². The van der Waals surface area contributed by atoms with Crippen molar-refractivity contribution in [2.24, 2.45) is 0 Å². The summed E-state index contributed by atoms with van der Waals surface area (Å²) in [7, 11) is -10.1. The summed E-state index contributed by atoms with van der Waals surface area (Å²) in [6, 6.07) is 0. The summed E-state index contributed by atoms with van der Waals surface area (Å²) in [5, 5.41) is -5.76. The molecule has 0 aliphatic carbocycles. The Morgan fingerprint density at radius 1 is 1.13 bits per heavy atom. The van der Waals surface area contributed by atoms with Crippen molar-refractivity contribution in [2.75, 3.05) is 6.26 Å². The Morgan fingerprint density at radius 3 is 1.67 bits per heavy atom. The summed E-state index contributed by atoms with van der Waals surface area (Å²) in [5.74, 6) is -5.82. The second-order valence-corrected chi connectivity index (χ2v) is 5.72. The van der Waals surface area contributed by atoms with Crippen molar-refractivity contribution < 1.29 is 38.8 Å². The van der Waals surface area contributed by atoms with Crippen LogP contribution in [0.5, 0.6) is 0 Å². The van der Waals surface area contributed by atoms with Crippen LogP contribution in [0.1, 0.15) is 0 Å². The van der Waals surface area contributed by atoms with Gasteiger partial charge in [-0.2, -0.15) is 17.6 Å². The summed E-state index contributed by atoms with van der Waals surface area (Å²) >= 11 is 0. The maximum Gasteiger partial charge on any atom is 0.408 e. The van der Waals surface area contributed by atoms with E-state index in [0.717, 1.165) is 0 Å². The highest BCUT2D eigenvalue weighted by Gasteiger charge is 2.67. The van der Waals surface area contributed by atoms with Crippen LogP contribution in [0, 0.1) is 0 Å². The molecule has 0 fully saturated rings. The third-order valence-electron chi connectivity index (χ3n) is 1.29. The van der Waals surface area contributed by atoms with E-state index in [2.05, 4.69) is 0 Å². The van der Waals surface area contributed by atoms with Gasteiger partial charge in [-0.05, 0) is 0 Å². The van der Waals surface area contributed by atoms with Gasteiger partial charge in [0.25, 0.3) is 5.50 Å². The second kappa shape index (κ2) is 3.85. The first-order chi connectivity index (χ1) is 6.35. The van der Waals surface area contributed by atoms with Gasteiger partial charge in [-0.25, -0.2) is 21.2 Å². The van der Waals surface area contributed by atoms with Crippen molar-refractivity contribution in [3.8, 4) is 0 Å². The monoisotopic (exact) mass is 276 g/mol. The minimum Gasteiger partial charge on any atom is -0.226 e. The largest absolute Gasteiger partial charge is 0.408 e. The van der Waals surface area contributed by atoms with Crippen molar-refractivity contribution in [2.45, 2.75) is 16.7 Å². The van der Waals surface area contributed by atoms with Gasteiger partial charge in [0.15, 0.2) is 9.84 Å². The van der Waals surface area contributed by atoms with E-state index < -0.39 is 37.2 Å². The van der Waals surface area contributed by atoms with Crippen molar-refractivity contribution >= 4 is 20.5 Å². The number of hydrogen-bond acceptors (Lipinski definition) is 4. The summed E-state index contributed by atoms with van der Waals surface area (Å²) in [4.78, 5) is 0. The van der Waals surface area contributed by atoms with Crippen LogP contribution in [0.4, 0.5) is 22.0 Å². The van der Waals surface area contributed by atoms with Gasteiger partial charge < -0.3 is 0 Å². The Bertz CT molecular complexity index is 403. The van der Waals surface area contributed by atoms with Crippen molar-refractivity contribution in [3.05, 3.63) is 0 Å². The number of alkyl halides is 5. The number of thiol groups is 1. The molecule has 0 bridgehead atoms. The van der Waals surface area contributed by atoms with Gasteiger partial charge >= 0.3 is 11.2 Å². The van der Waals surface area contributed by atoms with Gasteiger partial charge in [0, 0.05) is 6.26 Å². The predicted molar refractivity (Wildman–Crippen MR) is 39.9 cm³/mol. The van der Waals surface area contributed by atoms with E-state index >= 15 is 0 Å². The zero-order valence-corrected chi connectivity index (χ0v) is 8.67. The van der Waals surface area contributed by atoms with Crippen LogP contribution in [0.2, 0.25) is 0 Å². The van der Waals surface area contributed by atoms with E-state index in [-0.39, 0.29) is 6.26 Å². The molecule has 0 saturated heterocycles. The molecule has 0 heterocycles. The lowest BCUT2D eigenvalue weighted by Gasteiger charge is -2.23. The smallest absolute Gasteiger partial charge is 0.226 e. The molecule has 0 aromatic rings. The lowest BCUT2D eigenvalue weighted by molar-refractivity contribution is -0.174. The van der Waals surface area contributed by atoms with Crippen LogP contribution in [-0.4, -0.2) is 39.8 Å². The van der Waals surface area contributed by atoms with Gasteiger partial charge in [0.1, 0.15) is 0 Å². The Hall–Kier alpha value is -0.450. The van der Waals surface area contributed by atoms with E-state index in [9.17, 15) is 38.8 Å². The van der Waals surface area contributed by atoms with Gasteiger partial charge in [-0.3, -0.25) is 0 Å². The average molecular weight is 276 g/mol. The third kappa shape index (κ3) is 2.56. The van der Waals surface area contributed by atoms with E-state index in [1.165, 1.54) is 0 Å². The fourth-order valence-electron chi connectivity index (χ4n) is 0.527. The maximum absolute atomic E-state index is 12.5. The summed E-state index contributed by atoms with van der Waals surface area (Å²) in [6.07, 6.45) is -0.0560. The van der Waals surface area contributed by atoms with Crippen LogP contribution >= 0.6 is 0 Å². The Morgan fingerprint density at radius 2 is 1.47 bits per heavy atom. The third-order valence-corrected chi connectivity index (χ3v) is 3.10. The van der Waals surface area contributed by atoms with Crippen LogP contribution in [0.15, 0.2) is 0 Å². The highest BCUT2D eigenvalue weighted by Crippen LogP contribution is 2.40. The fourth-order valence-corrected chi connectivity index (χ4v) is 1.66. The van der Waals surface area contributed by atoms with Crippen molar-refractivity contribution in [1.82, 2.24) is 0 Å². The average Bonchev–Trinajstić information content (AvgIpc) is 2.00. The number of halogens is 5. The molecule has 0 spiro atoms. The zero-order valence-electron chi connectivity index (χ0n) is 6.96. The Kier molecular flexibility index (Phi) is 3.73. The second-order valence-electron chi connectivity index (χ2n) is 2.57. The molecule has 4 nitrogen and oxygen atoms in total. The van der Waals surface area contributed by atoms with Crippen LogP contribution < -0.4 is 0 Å². The van der Waals surface area contributed by atoms with E-state index in [4.69, 9.17) is 0 Å². The van der Waals surface area contributed by atoms with Crippen molar-refractivity contribution in [3.63, 3.8) is 0 Å². The van der Waals surface area contributed by atoms with E-state index in [0.29, 0.717) is 0 Å². The molecule has 11 heteroatoms. The SMILES string of the molecule is CS(=O)(=O)C(F)C(F)(F)C(F)(F)[SH](=O)=O. The number of sulfone groups is 1. The molecular weight excluding hydrogens is 271 g/mol. The molecule has 0 aliphatic heterocycles. The zero-order chi connectivity index (χ0) is 12.7. The molecule has 0 aliphatic rings. The molecule has 0 aromatic carbocycles. The predicted octanol–water partition coefficient (Wildman–Crippen LogP) is 0.166. The van der Waals surface area contributed by atoms with Gasteiger partial charge in [-0.15, -0.1) is 0 Å². The van der Waals surface area contributed by atoms with Crippen LogP contribution in [0.3, 0.4) is 0 Å². The molecule has 15 heavy (non-hydrogen) atoms. The molecule has 0 N–H and O–H groups in total. The molecule has 1 atom stereocenters. The quantitative estimate of drug-likeness (QED) is 0.587. The minimum atomic E-state index is -5.82. The van der Waals surface area contributed by atoms with Gasteiger partial charge in [0.05, 0.1) is 0 Å².